The minimum Gasteiger partial charge on any atom is -0.490 e. The topological polar surface area (TPSA) is 58.6 Å². The number of hydrogen-bond acceptors (Lipinski definition) is 5. The zero-order valence-electron chi connectivity index (χ0n) is 21.5. The summed E-state index contributed by atoms with van der Waals surface area (Å²) in [4.78, 5) is 25.3. The van der Waals surface area contributed by atoms with E-state index in [0.29, 0.717) is 62.1 Å². The van der Waals surface area contributed by atoms with Gasteiger partial charge in [-0.1, -0.05) is 19.9 Å². The maximum atomic E-state index is 14.8. The van der Waals surface area contributed by atoms with E-state index in [1.54, 1.807) is 23.4 Å². The first-order valence-corrected chi connectivity index (χ1v) is 13.4. The van der Waals surface area contributed by atoms with Crippen molar-refractivity contribution in [2.24, 2.45) is 5.92 Å². The van der Waals surface area contributed by atoms with Crippen LogP contribution in [0.5, 0.6) is 5.75 Å². The third-order valence-corrected chi connectivity index (χ3v) is 7.70. The molecule has 1 aromatic carbocycles. The molecule has 0 radical (unpaired) electrons. The SMILES string of the molecule is CCC(F)(CC)CN1CCC(COc2cnc(-c3ccc(C(=O)N4CCCCC4)c(F)c3)nc2)CC1. The van der Waals surface area contributed by atoms with E-state index in [2.05, 4.69) is 14.9 Å². The van der Waals surface area contributed by atoms with E-state index in [1.165, 1.54) is 12.1 Å². The first kappa shape index (κ1) is 26.5. The highest BCUT2D eigenvalue weighted by Crippen LogP contribution is 2.26. The van der Waals surface area contributed by atoms with Gasteiger partial charge < -0.3 is 14.5 Å². The Morgan fingerprint density at radius 1 is 1.06 bits per heavy atom. The van der Waals surface area contributed by atoms with E-state index < -0.39 is 11.5 Å². The summed E-state index contributed by atoms with van der Waals surface area (Å²) in [7, 11) is 0. The lowest BCUT2D eigenvalue weighted by Gasteiger charge is -2.36. The second kappa shape index (κ2) is 12.1. The summed E-state index contributed by atoms with van der Waals surface area (Å²) in [6.45, 7) is 8.05. The number of nitrogens with zero attached hydrogens (tertiary/aromatic N) is 4. The van der Waals surface area contributed by atoms with Gasteiger partial charge in [-0.2, -0.15) is 0 Å². The molecule has 4 rings (SSSR count). The van der Waals surface area contributed by atoms with Crippen molar-refractivity contribution in [2.45, 2.75) is 64.5 Å². The lowest BCUT2D eigenvalue weighted by molar-refractivity contribution is 0.0568. The highest BCUT2D eigenvalue weighted by Gasteiger charge is 2.30. The number of hydrogen-bond donors (Lipinski definition) is 0. The Kier molecular flexibility index (Phi) is 8.88. The van der Waals surface area contributed by atoms with Crippen molar-refractivity contribution in [1.82, 2.24) is 19.8 Å². The highest BCUT2D eigenvalue weighted by molar-refractivity contribution is 5.95. The first-order valence-electron chi connectivity index (χ1n) is 13.4. The summed E-state index contributed by atoms with van der Waals surface area (Å²) in [5, 5.41) is 0. The van der Waals surface area contributed by atoms with Gasteiger partial charge in [0.05, 0.1) is 24.6 Å². The molecule has 0 aliphatic carbocycles. The highest BCUT2D eigenvalue weighted by atomic mass is 19.1. The van der Waals surface area contributed by atoms with Crippen molar-refractivity contribution >= 4 is 5.91 Å². The summed E-state index contributed by atoms with van der Waals surface area (Å²) < 4.78 is 35.4. The summed E-state index contributed by atoms with van der Waals surface area (Å²) in [6.07, 6.45) is 9.29. The van der Waals surface area contributed by atoms with Gasteiger partial charge in [0.25, 0.3) is 5.91 Å². The van der Waals surface area contributed by atoms with Crippen molar-refractivity contribution in [2.75, 3.05) is 39.3 Å². The second-order valence-electron chi connectivity index (χ2n) is 10.2. The predicted octanol–water partition coefficient (Wildman–Crippen LogP) is 5.53. The van der Waals surface area contributed by atoms with Crippen LogP contribution in [0.1, 0.15) is 69.2 Å². The summed E-state index contributed by atoms with van der Waals surface area (Å²) >= 11 is 0. The molecule has 2 saturated heterocycles. The molecule has 8 heteroatoms. The number of likely N-dealkylation sites (tertiary alicyclic amines) is 2. The van der Waals surface area contributed by atoms with E-state index in [1.807, 2.05) is 13.8 Å². The van der Waals surface area contributed by atoms with Crippen molar-refractivity contribution in [3.8, 4) is 17.1 Å². The molecule has 0 unspecified atom stereocenters. The monoisotopic (exact) mass is 500 g/mol. The third kappa shape index (κ3) is 6.58. The molecule has 0 atom stereocenters. The molecular weight excluding hydrogens is 462 g/mol. The largest absolute Gasteiger partial charge is 0.490 e. The maximum absolute atomic E-state index is 14.8. The molecule has 1 amide bonds. The Morgan fingerprint density at radius 3 is 2.33 bits per heavy atom. The van der Waals surface area contributed by atoms with E-state index in [9.17, 15) is 13.6 Å². The van der Waals surface area contributed by atoms with E-state index in [0.717, 1.165) is 45.2 Å². The van der Waals surface area contributed by atoms with Gasteiger partial charge in [0.1, 0.15) is 11.5 Å². The molecule has 2 fully saturated rings. The van der Waals surface area contributed by atoms with Gasteiger partial charge >= 0.3 is 0 Å². The summed E-state index contributed by atoms with van der Waals surface area (Å²) in [5.41, 5.74) is -0.480. The number of carbonyl (C=O) groups is 1. The summed E-state index contributed by atoms with van der Waals surface area (Å²) in [6, 6.07) is 4.53. The molecular formula is C28H38F2N4O2. The lowest BCUT2D eigenvalue weighted by Crippen LogP contribution is -2.44. The number of rotatable bonds is 9. The zero-order chi connectivity index (χ0) is 25.5. The molecule has 2 aromatic rings. The number of benzene rings is 1. The molecule has 36 heavy (non-hydrogen) atoms. The fourth-order valence-electron chi connectivity index (χ4n) is 5.03. The number of halogens is 2. The molecule has 196 valence electrons. The number of amides is 1. The van der Waals surface area contributed by atoms with Gasteiger partial charge in [-0.25, -0.2) is 18.7 Å². The molecule has 2 aliphatic rings. The second-order valence-corrected chi connectivity index (χ2v) is 10.2. The third-order valence-electron chi connectivity index (χ3n) is 7.70. The van der Waals surface area contributed by atoms with Crippen LogP contribution in [0.4, 0.5) is 8.78 Å². The van der Waals surface area contributed by atoms with Gasteiger partial charge in [-0.15, -0.1) is 0 Å². The number of ether oxygens (including phenoxy) is 1. The van der Waals surface area contributed by atoms with Crippen LogP contribution in [0.15, 0.2) is 30.6 Å². The van der Waals surface area contributed by atoms with Crippen molar-refractivity contribution < 1.29 is 18.3 Å². The predicted molar refractivity (Wildman–Crippen MR) is 136 cm³/mol. The van der Waals surface area contributed by atoms with Gasteiger partial charge in [-0.3, -0.25) is 4.79 Å². The van der Waals surface area contributed by atoms with Gasteiger partial charge in [0.2, 0.25) is 0 Å². The summed E-state index contributed by atoms with van der Waals surface area (Å²) in [5.74, 6) is 0.554. The van der Waals surface area contributed by atoms with E-state index >= 15 is 0 Å². The van der Waals surface area contributed by atoms with Gasteiger partial charge in [0, 0.05) is 25.2 Å². The van der Waals surface area contributed by atoms with E-state index in [4.69, 9.17) is 4.74 Å². The van der Waals surface area contributed by atoms with Crippen LogP contribution in [0.2, 0.25) is 0 Å². The van der Waals surface area contributed by atoms with Crippen molar-refractivity contribution in [1.29, 1.82) is 0 Å². The van der Waals surface area contributed by atoms with Crippen LogP contribution in [0.3, 0.4) is 0 Å². The van der Waals surface area contributed by atoms with Gasteiger partial charge in [-0.05, 0) is 76.1 Å². The smallest absolute Gasteiger partial charge is 0.256 e. The van der Waals surface area contributed by atoms with Gasteiger partial charge in [0.15, 0.2) is 11.6 Å². The maximum Gasteiger partial charge on any atom is 0.256 e. The van der Waals surface area contributed by atoms with Crippen LogP contribution in [-0.4, -0.2) is 70.7 Å². The average molecular weight is 501 g/mol. The Morgan fingerprint density at radius 2 is 1.72 bits per heavy atom. The minimum atomic E-state index is -1.09. The molecule has 2 aliphatic heterocycles. The van der Waals surface area contributed by atoms with Crippen LogP contribution < -0.4 is 4.74 Å². The Balaban J connectivity index is 1.27. The number of alkyl halides is 1. The van der Waals surface area contributed by atoms with Crippen LogP contribution >= 0.6 is 0 Å². The first-order chi connectivity index (χ1) is 17.4. The zero-order valence-corrected chi connectivity index (χ0v) is 21.5. The van der Waals surface area contributed by atoms with Crippen LogP contribution in [0.25, 0.3) is 11.4 Å². The minimum absolute atomic E-state index is 0.0910. The molecule has 1 aromatic heterocycles. The fourth-order valence-corrected chi connectivity index (χ4v) is 5.03. The fraction of sp³-hybridized carbons (Fsp3) is 0.607. The van der Waals surface area contributed by atoms with E-state index in [-0.39, 0.29) is 11.5 Å². The Bertz CT molecular complexity index is 999. The standard InChI is InChI=1S/C28H38F2N4O2/c1-3-28(30,4-2)20-33-14-10-21(11-15-33)19-36-23-17-31-26(32-18-23)22-8-9-24(25(29)16-22)27(35)34-12-6-5-7-13-34/h8-9,16-18,21H,3-7,10-15,19-20H2,1-2H3. The quantitative estimate of drug-likeness (QED) is 0.453. The molecule has 0 saturated carbocycles. The number of piperidine rings is 2. The molecule has 0 spiro atoms. The van der Waals surface area contributed by atoms with Crippen LogP contribution in [-0.2, 0) is 0 Å². The molecule has 6 nitrogen and oxygen atoms in total. The number of aromatic nitrogens is 2. The molecule has 0 N–H and O–H groups in total. The Hall–Kier alpha value is -2.61. The Labute approximate surface area is 213 Å². The normalized spacial score (nSPS) is 17.8. The number of carbonyl (C=O) groups excluding carboxylic acids is 1. The molecule has 3 heterocycles. The van der Waals surface area contributed by atoms with Crippen molar-refractivity contribution in [3.05, 3.63) is 42.0 Å². The lowest BCUT2D eigenvalue weighted by atomic mass is 9.94. The van der Waals surface area contributed by atoms with Crippen LogP contribution in [0, 0.1) is 11.7 Å². The molecule has 0 bridgehead atoms. The van der Waals surface area contributed by atoms with Crippen molar-refractivity contribution in [3.63, 3.8) is 0 Å². The average Bonchev–Trinajstić information content (AvgIpc) is 2.93.